The van der Waals surface area contributed by atoms with E-state index in [1.54, 1.807) is 7.05 Å². The first-order chi connectivity index (χ1) is 13.8. The minimum atomic E-state index is -0.222. The molecule has 0 saturated carbocycles. The lowest BCUT2D eigenvalue weighted by molar-refractivity contribution is 0.0203. The molecule has 28 heavy (non-hydrogen) atoms. The summed E-state index contributed by atoms with van der Waals surface area (Å²) in [5, 5.41) is 7.70. The first kappa shape index (κ1) is 20.6. The molecule has 0 aliphatic carbocycles. The van der Waals surface area contributed by atoms with E-state index in [1.807, 2.05) is 12.3 Å². The molecule has 1 aliphatic rings. The van der Waals surface area contributed by atoms with E-state index in [-0.39, 0.29) is 5.82 Å². The number of guanidine groups is 1. The third-order valence-corrected chi connectivity index (χ3v) is 5.09. The van der Waals surface area contributed by atoms with E-state index in [1.165, 1.54) is 17.7 Å². The Bertz CT molecular complexity index is 756. The quantitative estimate of drug-likeness (QED) is 0.350. The van der Waals surface area contributed by atoms with Crippen LogP contribution in [0.4, 0.5) is 4.39 Å². The zero-order valence-electron chi connectivity index (χ0n) is 16.6. The van der Waals surface area contributed by atoms with E-state index in [4.69, 9.17) is 9.47 Å². The van der Waals surface area contributed by atoms with Gasteiger partial charge in [0.1, 0.15) is 5.82 Å². The van der Waals surface area contributed by atoms with E-state index in [2.05, 4.69) is 20.6 Å². The summed E-state index contributed by atoms with van der Waals surface area (Å²) < 4.78 is 24.4. The second-order valence-electron chi connectivity index (χ2n) is 7.16. The fraction of sp³-hybridized carbons (Fsp3) is 0.571. The highest BCUT2D eigenvalue weighted by molar-refractivity contribution is 5.83. The van der Waals surface area contributed by atoms with Gasteiger partial charge in [-0.25, -0.2) is 4.39 Å². The molecule has 0 bridgehead atoms. The Morgan fingerprint density at radius 3 is 2.93 bits per heavy atom. The van der Waals surface area contributed by atoms with Gasteiger partial charge in [0.15, 0.2) is 5.96 Å². The maximum atomic E-state index is 13.3. The maximum absolute atomic E-state index is 13.3. The van der Waals surface area contributed by atoms with Crippen molar-refractivity contribution in [3.8, 4) is 0 Å². The number of hydrogen-bond donors (Lipinski definition) is 3. The van der Waals surface area contributed by atoms with Crippen molar-refractivity contribution in [2.75, 3.05) is 46.6 Å². The molecule has 154 valence electrons. The summed E-state index contributed by atoms with van der Waals surface area (Å²) in [7, 11) is 1.77. The molecule has 0 atom stereocenters. The Kier molecular flexibility index (Phi) is 8.11. The van der Waals surface area contributed by atoms with Crippen molar-refractivity contribution in [1.29, 1.82) is 0 Å². The fourth-order valence-electron chi connectivity index (χ4n) is 3.45. The predicted octanol–water partition coefficient (Wildman–Crippen LogP) is 2.85. The van der Waals surface area contributed by atoms with Crippen LogP contribution in [0.1, 0.15) is 24.8 Å². The third-order valence-electron chi connectivity index (χ3n) is 5.09. The van der Waals surface area contributed by atoms with Crippen LogP contribution in [-0.4, -0.2) is 57.5 Å². The van der Waals surface area contributed by atoms with Crippen molar-refractivity contribution in [2.45, 2.75) is 25.7 Å². The Labute approximate surface area is 165 Å². The van der Waals surface area contributed by atoms with Gasteiger partial charge in [-0.3, -0.25) is 4.99 Å². The summed E-state index contributed by atoms with van der Waals surface area (Å²) >= 11 is 0. The summed E-state index contributed by atoms with van der Waals surface area (Å²) in [5.41, 5.74) is 2.00. The lowest BCUT2D eigenvalue weighted by atomic mass is 10.0. The molecule has 1 aliphatic heterocycles. The molecule has 2 aromatic rings. The number of nitrogens with zero attached hydrogens (tertiary/aromatic N) is 1. The number of halogens is 1. The molecule has 7 heteroatoms. The molecule has 0 spiro atoms. The SMILES string of the molecule is CN=C(NCCCOCC1CCOCC1)NCCc1c[nH]c2cc(F)ccc12. The first-order valence-corrected chi connectivity index (χ1v) is 10.1. The van der Waals surface area contributed by atoms with Crippen LogP contribution in [0.3, 0.4) is 0 Å². The lowest BCUT2D eigenvalue weighted by Crippen LogP contribution is -2.39. The number of aromatic amines is 1. The highest BCUT2D eigenvalue weighted by Crippen LogP contribution is 2.19. The zero-order chi connectivity index (χ0) is 19.6. The topological polar surface area (TPSA) is 70.7 Å². The van der Waals surface area contributed by atoms with E-state index in [9.17, 15) is 4.39 Å². The molecular weight excluding hydrogens is 359 g/mol. The first-order valence-electron chi connectivity index (χ1n) is 10.1. The summed E-state index contributed by atoms with van der Waals surface area (Å²) in [4.78, 5) is 7.38. The van der Waals surface area contributed by atoms with Gasteiger partial charge in [-0.1, -0.05) is 0 Å². The van der Waals surface area contributed by atoms with Crippen molar-refractivity contribution >= 4 is 16.9 Å². The normalized spacial score (nSPS) is 15.9. The summed E-state index contributed by atoms with van der Waals surface area (Å²) in [6, 6.07) is 4.85. The van der Waals surface area contributed by atoms with Crippen molar-refractivity contribution < 1.29 is 13.9 Å². The molecule has 0 radical (unpaired) electrons. The third kappa shape index (κ3) is 6.21. The highest BCUT2D eigenvalue weighted by atomic mass is 19.1. The zero-order valence-corrected chi connectivity index (χ0v) is 16.6. The number of nitrogens with one attached hydrogen (secondary N) is 3. The van der Waals surface area contributed by atoms with Gasteiger partial charge in [-0.15, -0.1) is 0 Å². The molecule has 1 fully saturated rings. The molecule has 0 unspecified atom stereocenters. The van der Waals surface area contributed by atoms with Crippen LogP contribution in [-0.2, 0) is 15.9 Å². The van der Waals surface area contributed by atoms with Crippen LogP contribution in [0, 0.1) is 11.7 Å². The number of aliphatic imine (C=N–C) groups is 1. The second-order valence-corrected chi connectivity index (χ2v) is 7.16. The van der Waals surface area contributed by atoms with Gasteiger partial charge in [-0.05, 0) is 55.4 Å². The second kappa shape index (κ2) is 11.0. The van der Waals surface area contributed by atoms with E-state index < -0.39 is 0 Å². The number of benzene rings is 1. The molecule has 3 N–H and O–H groups in total. The largest absolute Gasteiger partial charge is 0.381 e. The molecule has 3 rings (SSSR count). The van der Waals surface area contributed by atoms with Crippen LogP contribution in [0.25, 0.3) is 10.9 Å². The van der Waals surface area contributed by atoms with Crippen molar-refractivity contribution in [3.63, 3.8) is 0 Å². The van der Waals surface area contributed by atoms with Gasteiger partial charge < -0.3 is 25.1 Å². The summed E-state index contributed by atoms with van der Waals surface area (Å²) in [6.45, 7) is 4.90. The van der Waals surface area contributed by atoms with Gasteiger partial charge in [0, 0.05) is 63.7 Å². The smallest absolute Gasteiger partial charge is 0.190 e. The molecular formula is C21H31FN4O2. The fourth-order valence-corrected chi connectivity index (χ4v) is 3.45. The van der Waals surface area contributed by atoms with Crippen LogP contribution in [0.5, 0.6) is 0 Å². The van der Waals surface area contributed by atoms with Crippen LogP contribution in [0.2, 0.25) is 0 Å². The van der Waals surface area contributed by atoms with Crippen LogP contribution >= 0.6 is 0 Å². The number of ether oxygens (including phenoxy) is 2. The Balaban J connectivity index is 1.29. The maximum Gasteiger partial charge on any atom is 0.190 e. The predicted molar refractivity (Wildman–Crippen MR) is 110 cm³/mol. The van der Waals surface area contributed by atoms with Crippen LogP contribution in [0.15, 0.2) is 29.4 Å². The van der Waals surface area contributed by atoms with Gasteiger partial charge in [-0.2, -0.15) is 0 Å². The van der Waals surface area contributed by atoms with Crippen LogP contribution < -0.4 is 10.6 Å². The van der Waals surface area contributed by atoms with Crippen molar-refractivity contribution in [2.24, 2.45) is 10.9 Å². The summed E-state index contributed by atoms with van der Waals surface area (Å²) in [5.74, 6) is 1.22. The minimum Gasteiger partial charge on any atom is -0.381 e. The molecule has 0 amide bonds. The van der Waals surface area contributed by atoms with Crippen molar-refractivity contribution in [1.82, 2.24) is 15.6 Å². The van der Waals surface area contributed by atoms with Gasteiger partial charge in [0.25, 0.3) is 0 Å². The number of rotatable bonds is 9. The Morgan fingerprint density at radius 1 is 1.29 bits per heavy atom. The number of hydrogen-bond acceptors (Lipinski definition) is 3. The van der Waals surface area contributed by atoms with E-state index in [0.29, 0.717) is 5.92 Å². The van der Waals surface area contributed by atoms with Gasteiger partial charge >= 0.3 is 0 Å². The molecule has 1 aromatic heterocycles. The number of fused-ring (bicyclic) bond motifs is 1. The van der Waals surface area contributed by atoms with Gasteiger partial charge in [0.2, 0.25) is 0 Å². The van der Waals surface area contributed by atoms with E-state index in [0.717, 1.165) is 82.1 Å². The average molecular weight is 391 g/mol. The van der Waals surface area contributed by atoms with Crippen molar-refractivity contribution in [3.05, 3.63) is 35.8 Å². The summed E-state index contributed by atoms with van der Waals surface area (Å²) in [6.07, 6.45) is 5.94. The molecule has 6 nitrogen and oxygen atoms in total. The highest BCUT2D eigenvalue weighted by Gasteiger charge is 2.13. The van der Waals surface area contributed by atoms with E-state index >= 15 is 0 Å². The van der Waals surface area contributed by atoms with Gasteiger partial charge in [0.05, 0.1) is 0 Å². The monoisotopic (exact) mass is 390 g/mol. The Hall–Kier alpha value is -2.12. The molecule has 1 aromatic carbocycles. The lowest BCUT2D eigenvalue weighted by Gasteiger charge is -2.21. The minimum absolute atomic E-state index is 0.222. The Morgan fingerprint density at radius 2 is 2.11 bits per heavy atom. The molecule has 1 saturated heterocycles. The average Bonchev–Trinajstić information content (AvgIpc) is 3.12. The standard InChI is InChI=1S/C21H31FN4O2/c1-23-21(24-8-2-10-28-15-16-6-11-27-12-7-16)25-9-5-17-14-26-20-13-18(22)3-4-19(17)20/h3-4,13-14,16,26H,2,5-12,15H2,1H3,(H2,23,24,25). The number of aromatic nitrogens is 1. The number of H-pyrrole nitrogens is 1. The molecule has 2 heterocycles.